The molecule has 2 N–H and O–H groups in total. The van der Waals surface area contributed by atoms with E-state index in [1.54, 1.807) is 18.2 Å². The smallest absolute Gasteiger partial charge is 0.137 e. The van der Waals surface area contributed by atoms with Crippen LogP contribution in [0.5, 0.6) is 0 Å². The summed E-state index contributed by atoms with van der Waals surface area (Å²) in [4.78, 5) is 0.652. The molecule has 2 rings (SSSR count). The maximum atomic E-state index is 14.0. The topological polar surface area (TPSA) is 55.3 Å². The van der Waals surface area contributed by atoms with Gasteiger partial charge in [-0.1, -0.05) is 23.7 Å². The van der Waals surface area contributed by atoms with Crippen LogP contribution in [0, 0.1) is 5.82 Å². The van der Waals surface area contributed by atoms with Crippen molar-refractivity contribution in [3.8, 4) is 0 Å². The molecular weight excluding hydrogens is 437 g/mol. The molecular formula is C16H18BrClFNO2S2. The molecule has 2 atom stereocenters. The molecule has 1 aromatic carbocycles. The van der Waals surface area contributed by atoms with Gasteiger partial charge in [0.25, 0.3) is 0 Å². The molecule has 0 radical (unpaired) electrons. The third-order valence-electron chi connectivity index (χ3n) is 3.34. The van der Waals surface area contributed by atoms with Crippen LogP contribution in [-0.4, -0.2) is 14.4 Å². The molecule has 3 nitrogen and oxygen atoms in total. The fraction of sp³-hybridized carbons (Fsp3) is 0.375. The van der Waals surface area contributed by atoms with Crippen LogP contribution in [0.2, 0.25) is 4.34 Å². The van der Waals surface area contributed by atoms with Gasteiger partial charge in [0.2, 0.25) is 0 Å². The van der Waals surface area contributed by atoms with Crippen molar-refractivity contribution in [1.29, 1.82) is 0 Å². The molecule has 0 amide bonds. The lowest BCUT2D eigenvalue weighted by atomic mass is 10.00. The zero-order valence-corrected chi connectivity index (χ0v) is 17.4. The van der Waals surface area contributed by atoms with Gasteiger partial charge in [-0.3, -0.25) is 0 Å². The second-order valence-corrected chi connectivity index (χ2v) is 10.7. The Morgan fingerprint density at radius 2 is 2.08 bits per heavy atom. The molecule has 2 unspecified atom stereocenters. The molecule has 0 aliphatic carbocycles. The summed E-state index contributed by atoms with van der Waals surface area (Å²) in [5, 5.41) is 9.61. The van der Waals surface area contributed by atoms with Gasteiger partial charge >= 0.3 is 0 Å². The van der Waals surface area contributed by atoms with E-state index in [-0.39, 0.29) is 6.61 Å². The number of hydrogen-bond donors (Lipinski definition) is 2. The lowest BCUT2D eigenvalue weighted by molar-refractivity contribution is 0.284. The molecule has 1 heterocycles. The average Bonchev–Trinajstić information content (AvgIpc) is 2.87. The third kappa shape index (κ3) is 4.52. The van der Waals surface area contributed by atoms with Crippen LogP contribution < -0.4 is 4.72 Å². The maximum absolute atomic E-state index is 14.0. The average molecular weight is 455 g/mol. The predicted molar refractivity (Wildman–Crippen MR) is 102 cm³/mol. The normalized spacial score (nSPS) is 14.7. The Balaban J connectivity index is 2.55. The number of halogens is 3. The Kier molecular flexibility index (Phi) is 6.75. The summed E-state index contributed by atoms with van der Waals surface area (Å²) in [6.45, 7) is 5.35. The third-order valence-corrected chi connectivity index (χ3v) is 7.00. The molecule has 0 fully saturated rings. The largest absolute Gasteiger partial charge is 0.598 e. The van der Waals surface area contributed by atoms with Crippen molar-refractivity contribution >= 4 is 50.2 Å². The summed E-state index contributed by atoms with van der Waals surface area (Å²) in [5.74, 6) is -0.410. The highest BCUT2D eigenvalue weighted by Crippen LogP contribution is 2.38. The van der Waals surface area contributed by atoms with E-state index in [2.05, 4.69) is 20.7 Å². The van der Waals surface area contributed by atoms with Crippen LogP contribution >= 0.6 is 38.9 Å². The summed E-state index contributed by atoms with van der Waals surface area (Å²) in [6.07, 6.45) is 0. The zero-order chi connectivity index (χ0) is 18.1. The monoisotopic (exact) mass is 453 g/mol. The Bertz CT molecular complexity index is 721. The fourth-order valence-electron chi connectivity index (χ4n) is 2.10. The van der Waals surface area contributed by atoms with Gasteiger partial charge < -0.3 is 9.66 Å². The SMILES string of the molecule is CC(C)(C)[S+]([O-])NC(c1cc(Cl)sc1CO)c1cccc(F)c1Br. The van der Waals surface area contributed by atoms with Crippen molar-refractivity contribution in [2.45, 2.75) is 38.2 Å². The van der Waals surface area contributed by atoms with E-state index in [1.165, 1.54) is 17.4 Å². The van der Waals surface area contributed by atoms with E-state index in [0.717, 1.165) is 0 Å². The van der Waals surface area contributed by atoms with E-state index in [0.29, 0.717) is 24.8 Å². The number of rotatable bonds is 5. The Labute approximate surface area is 161 Å². The predicted octanol–water partition coefficient (Wildman–Crippen LogP) is 4.94. The molecule has 0 spiro atoms. The maximum Gasteiger partial charge on any atom is 0.137 e. The lowest BCUT2D eigenvalue weighted by Crippen LogP contribution is -2.41. The first-order chi connectivity index (χ1) is 11.1. The van der Waals surface area contributed by atoms with Crippen LogP contribution in [-0.2, 0) is 18.0 Å². The van der Waals surface area contributed by atoms with Crippen molar-refractivity contribution in [3.05, 3.63) is 54.9 Å². The second-order valence-electron chi connectivity index (χ2n) is 6.16. The quantitative estimate of drug-likeness (QED) is 0.629. The standard InChI is InChI=1S/C16H18BrClFNO2S2/c1-16(2,3)24(22)20-15(9-5-4-6-11(19)14(9)17)10-7-13(18)23-12(10)8-21/h4-7,15,20-21H,8H2,1-3H3. The molecule has 2 aromatic rings. The van der Waals surface area contributed by atoms with Gasteiger partial charge in [0.1, 0.15) is 16.6 Å². The molecule has 0 aliphatic rings. The summed E-state index contributed by atoms with van der Waals surface area (Å²) < 4.78 is 30.0. The number of thiophene rings is 1. The number of aliphatic hydroxyl groups excluding tert-OH is 1. The Morgan fingerprint density at radius 3 is 2.67 bits per heavy atom. The van der Waals surface area contributed by atoms with Crippen LogP contribution in [0.4, 0.5) is 4.39 Å². The zero-order valence-electron chi connectivity index (χ0n) is 13.4. The van der Waals surface area contributed by atoms with Gasteiger partial charge in [-0.05, 0) is 60.0 Å². The minimum atomic E-state index is -1.40. The van der Waals surface area contributed by atoms with Crippen molar-refractivity contribution < 1.29 is 14.0 Å². The van der Waals surface area contributed by atoms with E-state index in [1.807, 2.05) is 20.8 Å². The molecule has 24 heavy (non-hydrogen) atoms. The summed E-state index contributed by atoms with van der Waals surface area (Å²) in [7, 11) is 0. The minimum absolute atomic E-state index is 0.194. The van der Waals surface area contributed by atoms with Crippen molar-refractivity contribution in [1.82, 2.24) is 4.72 Å². The summed E-state index contributed by atoms with van der Waals surface area (Å²) in [6, 6.07) is 5.83. The van der Waals surface area contributed by atoms with Gasteiger partial charge in [-0.25, -0.2) is 4.39 Å². The molecule has 0 aliphatic heterocycles. The van der Waals surface area contributed by atoms with Crippen molar-refractivity contribution in [2.75, 3.05) is 0 Å². The Hall–Kier alpha value is -0.150. The number of nitrogens with one attached hydrogen (secondary N) is 1. The van der Waals surface area contributed by atoms with Gasteiger partial charge in [-0.2, -0.15) is 0 Å². The lowest BCUT2D eigenvalue weighted by Gasteiger charge is -2.29. The summed E-state index contributed by atoms with van der Waals surface area (Å²) in [5.41, 5.74) is 1.29. The highest BCUT2D eigenvalue weighted by molar-refractivity contribution is 9.10. The fourth-order valence-corrected chi connectivity index (χ4v) is 4.59. The number of benzene rings is 1. The number of hydrogen-bond acceptors (Lipinski definition) is 4. The van der Waals surface area contributed by atoms with Gasteiger partial charge in [0.15, 0.2) is 0 Å². The minimum Gasteiger partial charge on any atom is -0.598 e. The molecule has 1 aromatic heterocycles. The molecule has 0 bridgehead atoms. The van der Waals surface area contributed by atoms with Crippen LogP contribution in [0.25, 0.3) is 0 Å². The van der Waals surface area contributed by atoms with Gasteiger partial charge in [-0.15, -0.1) is 16.1 Å². The van der Waals surface area contributed by atoms with Gasteiger partial charge in [0.05, 0.1) is 15.4 Å². The first-order valence-corrected chi connectivity index (χ1v) is 10.3. The van der Waals surface area contributed by atoms with E-state index >= 15 is 0 Å². The molecule has 132 valence electrons. The van der Waals surface area contributed by atoms with E-state index in [9.17, 15) is 14.0 Å². The highest BCUT2D eigenvalue weighted by Gasteiger charge is 2.33. The van der Waals surface area contributed by atoms with Gasteiger partial charge in [0, 0.05) is 16.2 Å². The number of aliphatic hydroxyl groups is 1. The van der Waals surface area contributed by atoms with Crippen molar-refractivity contribution in [3.63, 3.8) is 0 Å². The van der Waals surface area contributed by atoms with Crippen LogP contribution in [0.3, 0.4) is 0 Å². The second kappa shape index (κ2) is 8.03. The van der Waals surface area contributed by atoms with E-state index in [4.69, 9.17) is 11.6 Å². The van der Waals surface area contributed by atoms with Crippen LogP contribution in [0.1, 0.15) is 42.8 Å². The summed E-state index contributed by atoms with van der Waals surface area (Å²) >= 11 is 9.21. The molecule has 8 heteroatoms. The van der Waals surface area contributed by atoms with Crippen molar-refractivity contribution in [2.24, 2.45) is 0 Å². The first kappa shape index (κ1) is 20.2. The van der Waals surface area contributed by atoms with Crippen LogP contribution in [0.15, 0.2) is 28.7 Å². The highest BCUT2D eigenvalue weighted by atomic mass is 79.9. The molecule has 0 saturated heterocycles. The molecule has 0 saturated carbocycles. The first-order valence-electron chi connectivity index (χ1n) is 7.16. The Morgan fingerprint density at radius 1 is 1.42 bits per heavy atom. The van der Waals surface area contributed by atoms with E-state index < -0.39 is 28.0 Å².